The minimum Gasteiger partial charge on any atom is -0.314 e. The van der Waals surface area contributed by atoms with Crippen molar-refractivity contribution < 1.29 is 4.79 Å². The van der Waals surface area contributed by atoms with Crippen LogP contribution in [-0.2, 0) is 6.54 Å². The molecule has 1 heterocycles. The Morgan fingerprint density at radius 1 is 1.10 bits per heavy atom. The second kappa shape index (κ2) is 8.47. The van der Waals surface area contributed by atoms with E-state index in [0.29, 0.717) is 16.7 Å². The predicted octanol–water partition coefficient (Wildman–Crippen LogP) is 4.60. The van der Waals surface area contributed by atoms with Crippen molar-refractivity contribution in [1.29, 1.82) is 0 Å². The maximum atomic E-state index is 13.1. The maximum absolute atomic E-state index is 13.1. The second-order valence-electron chi connectivity index (χ2n) is 7.75. The molecule has 1 aliphatic rings. The Hall–Kier alpha value is -3.15. The number of aryl methyl sites for hydroxylation is 1. The smallest absolute Gasteiger partial charge is 0.314 e. The third kappa shape index (κ3) is 4.47. The summed E-state index contributed by atoms with van der Waals surface area (Å²) in [7, 11) is 0. The number of rotatable bonds is 4. The summed E-state index contributed by atoms with van der Waals surface area (Å²) in [5.41, 5.74) is 2.38. The van der Waals surface area contributed by atoms with Gasteiger partial charge in [0.2, 0.25) is 0 Å². The van der Waals surface area contributed by atoms with Gasteiger partial charge in [0.25, 0.3) is 5.56 Å². The topological polar surface area (TPSA) is 78.1 Å². The number of carbonyl (C=O) groups excluding carboxylic acids is 1. The van der Waals surface area contributed by atoms with Crippen molar-refractivity contribution in [2.24, 2.45) is 0 Å². The summed E-state index contributed by atoms with van der Waals surface area (Å²) in [6, 6.07) is 15.0. The van der Waals surface area contributed by atoms with Crippen LogP contribution in [0.5, 0.6) is 0 Å². The first-order chi connectivity index (χ1) is 14.1. The molecule has 3 aromatic rings. The Kier molecular flexibility index (Phi) is 5.60. The van der Waals surface area contributed by atoms with Crippen LogP contribution in [0.15, 0.2) is 53.3 Å². The van der Waals surface area contributed by atoms with Gasteiger partial charge in [-0.2, -0.15) is 0 Å². The van der Waals surface area contributed by atoms with Crippen LogP contribution in [0, 0.1) is 6.92 Å². The largest absolute Gasteiger partial charge is 0.322 e. The molecule has 2 N–H and O–H groups in total. The molecule has 4 rings (SSSR count). The van der Waals surface area contributed by atoms with E-state index in [9.17, 15) is 9.59 Å². The van der Waals surface area contributed by atoms with E-state index in [1.54, 1.807) is 6.07 Å². The van der Waals surface area contributed by atoms with E-state index in [2.05, 4.69) is 15.3 Å². The normalized spacial score (nSPS) is 14.7. The standard InChI is InChI=1S/C23H26N4O2/c1-16-11-13-17(14-12-16)24-23(29)27(18-7-3-2-4-8-18)15-21-25-20-10-6-5-9-19(20)22(28)26-21/h5-6,9-14,18H,2-4,7-8,15H2,1H3,(H,24,29)(H,25,26,28). The number of amides is 2. The molecule has 0 saturated heterocycles. The lowest BCUT2D eigenvalue weighted by Gasteiger charge is -2.34. The number of carbonyl (C=O) groups is 1. The van der Waals surface area contributed by atoms with E-state index in [1.807, 2.05) is 54.3 Å². The maximum Gasteiger partial charge on any atom is 0.322 e. The van der Waals surface area contributed by atoms with Gasteiger partial charge in [-0.15, -0.1) is 0 Å². The molecule has 1 aromatic heterocycles. The molecule has 0 aliphatic heterocycles. The number of fused-ring (bicyclic) bond motifs is 1. The number of urea groups is 1. The molecule has 0 unspecified atom stereocenters. The molecule has 2 aromatic carbocycles. The monoisotopic (exact) mass is 390 g/mol. The van der Waals surface area contributed by atoms with Crippen molar-refractivity contribution in [3.63, 3.8) is 0 Å². The fourth-order valence-corrected chi connectivity index (χ4v) is 3.96. The van der Waals surface area contributed by atoms with Gasteiger partial charge in [-0.25, -0.2) is 9.78 Å². The van der Waals surface area contributed by atoms with E-state index in [4.69, 9.17) is 0 Å². The van der Waals surface area contributed by atoms with Crippen molar-refractivity contribution in [2.45, 2.75) is 51.6 Å². The fourth-order valence-electron chi connectivity index (χ4n) is 3.96. The first-order valence-electron chi connectivity index (χ1n) is 10.2. The van der Waals surface area contributed by atoms with Crippen LogP contribution in [0.4, 0.5) is 10.5 Å². The lowest BCUT2D eigenvalue weighted by Crippen LogP contribution is -2.44. The van der Waals surface area contributed by atoms with E-state index in [0.717, 1.165) is 36.9 Å². The number of aromatic nitrogens is 2. The fraction of sp³-hybridized carbons (Fsp3) is 0.348. The van der Waals surface area contributed by atoms with E-state index >= 15 is 0 Å². The first kappa shape index (κ1) is 19.2. The number of hydrogen-bond donors (Lipinski definition) is 2. The zero-order valence-electron chi connectivity index (χ0n) is 16.6. The van der Waals surface area contributed by atoms with Gasteiger partial charge in [-0.05, 0) is 44.0 Å². The van der Waals surface area contributed by atoms with Crippen LogP contribution in [0.2, 0.25) is 0 Å². The summed E-state index contributed by atoms with van der Waals surface area (Å²) in [5, 5.41) is 3.57. The van der Waals surface area contributed by atoms with E-state index in [-0.39, 0.29) is 24.2 Å². The molecule has 1 saturated carbocycles. The molecular weight excluding hydrogens is 364 g/mol. The molecule has 6 heteroatoms. The Labute approximate surface area is 170 Å². The summed E-state index contributed by atoms with van der Waals surface area (Å²) in [5.74, 6) is 0.512. The van der Waals surface area contributed by atoms with Crippen molar-refractivity contribution in [1.82, 2.24) is 14.9 Å². The van der Waals surface area contributed by atoms with E-state index in [1.165, 1.54) is 6.42 Å². The average molecular weight is 390 g/mol. The van der Waals surface area contributed by atoms with Crippen LogP contribution in [0.3, 0.4) is 0 Å². The summed E-state index contributed by atoms with van der Waals surface area (Å²) in [6.07, 6.45) is 5.37. The zero-order valence-corrected chi connectivity index (χ0v) is 16.6. The number of nitrogens with zero attached hydrogens (tertiary/aromatic N) is 2. The van der Waals surface area contributed by atoms with Gasteiger partial charge < -0.3 is 15.2 Å². The third-order valence-electron chi connectivity index (χ3n) is 5.56. The quantitative estimate of drug-likeness (QED) is 0.683. The number of anilines is 1. The number of hydrogen-bond acceptors (Lipinski definition) is 3. The number of para-hydroxylation sites is 1. The summed E-state index contributed by atoms with van der Waals surface area (Å²) in [6.45, 7) is 2.30. The van der Waals surface area contributed by atoms with Crippen molar-refractivity contribution >= 4 is 22.6 Å². The second-order valence-corrected chi connectivity index (χ2v) is 7.75. The van der Waals surface area contributed by atoms with Crippen LogP contribution in [0.25, 0.3) is 10.9 Å². The molecule has 6 nitrogen and oxygen atoms in total. The number of benzene rings is 2. The van der Waals surface area contributed by atoms with Crippen molar-refractivity contribution in [3.05, 3.63) is 70.3 Å². The summed E-state index contributed by atoms with van der Waals surface area (Å²) in [4.78, 5) is 34.9. The van der Waals surface area contributed by atoms with Gasteiger partial charge in [0.15, 0.2) is 0 Å². The predicted molar refractivity (Wildman–Crippen MR) is 115 cm³/mol. The minimum atomic E-state index is -0.173. The van der Waals surface area contributed by atoms with Crippen LogP contribution < -0.4 is 10.9 Å². The van der Waals surface area contributed by atoms with Crippen molar-refractivity contribution in [3.8, 4) is 0 Å². The lowest BCUT2D eigenvalue weighted by atomic mass is 9.94. The first-order valence-corrected chi connectivity index (χ1v) is 10.2. The SMILES string of the molecule is Cc1ccc(NC(=O)N(Cc2nc3ccccc3c(=O)[nH]2)C2CCCCC2)cc1. The molecule has 0 radical (unpaired) electrons. The number of H-pyrrole nitrogens is 1. The molecule has 2 amide bonds. The van der Waals surface area contributed by atoms with Crippen molar-refractivity contribution in [2.75, 3.05) is 5.32 Å². The Bertz CT molecular complexity index is 1050. The lowest BCUT2D eigenvalue weighted by molar-refractivity contribution is 0.160. The highest BCUT2D eigenvalue weighted by Crippen LogP contribution is 2.24. The Morgan fingerprint density at radius 3 is 2.59 bits per heavy atom. The molecule has 1 aliphatic carbocycles. The summed E-state index contributed by atoms with van der Waals surface area (Å²) < 4.78 is 0. The molecule has 0 bridgehead atoms. The van der Waals surface area contributed by atoms with Gasteiger partial charge in [0.05, 0.1) is 17.4 Å². The third-order valence-corrected chi connectivity index (χ3v) is 5.56. The number of nitrogens with one attached hydrogen (secondary N) is 2. The highest BCUT2D eigenvalue weighted by molar-refractivity contribution is 5.89. The van der Waals surface area contributed by atoms with Gasteiger partial charge in [-0.3, -0.25) is 4.79 Å². The molecule has 1 fully saturated rings. The molecule has 150 valence electrons. The van der Waals surface area contributed by atoms with Gasteiger partial charge in [-0.1, -0.05) is 49.1 Å². The zero-order chi connectivity index (χ0) is 20.2. The molecule has 29 heavy (non-hydrogen) atoms. The molecule has 0 atom stereocenters. The average Bonchev–Trinajstić information content (AvgIpc) is 2.74. The number of aromatic amines is 1. The molecular formula is C23H26N4O2. The van der Waals surface area contributed by atoms with Crippen LogP contribution >= 0.6 is 0 Å². The Morgan fingerprint density at radius 2 is 1.83 bits per heavy atom. The Balaban J connectivity index is 1.61. The summed E-state index contributed by atoms with van der Waals surface area (Å²) >= 11 is 0. The van der Waals surface area contributed by atoms with Gasteiger partial charge in [0, 0.05) is 11.7 Å². The highest BCUT2D eigenvalue weighted by atomic mass is 16.2. The van der Waals surface area contributed by atoms with Crippen LogP contribution in [-0.4, -0.2) is 26.9 Å². The van der Waals surface area contributed by atoms with Crippen LogP contribution in [0.1, 0.15) is 43.5 Å². The molecule has 0 spiro atoms. The highest BCUT2D eigenvalue weighted by Gasteiger charge is 2.26. The van der Waals surface area contributed by atoms with Gasteiger partial charge >= 0.3 is 6.03 Å². The minimum absolute atomic E-state index is 0.144. The van der Waals surface area contributed by atoms with E-state index < -0.39 is 0 Å². The van der Waals surface area contributed by atoms with Gasteiger partial charge in [0.1, 0.15) is 5.82 Å².